The maximum atomic E-state index is 13.4. The summed E-state index contributed by atoms with van der Waals surface area (Å²) in [6, 6.07) is 5.03. The minimum absolute atomic E-state index is 0.00541. The van der Waals surface area contributed by atoms with Gasteiger partial charge >= 0.3 is 30.3 Å². The topological polar surface area (TPSA) is 162 Å². The van der Waals surface area contributed by atoms with Crippen molar-refractivity contribution in [3.63, 3.8) is 0 Å². The first-order valence-electron chi connectivity index (χ1n) is 17.2. The van der Waals surface area contributed by atoms with Gasteiger partial charge in [-0.2, -0.15) is 0 Å². The summed E-state index contributed by atoms with van der Waals surface area (Å²) in [4.78, 5) is 67.1. The van der Waals surface area contributed by atoms with Gasteiger partial charge in [0.05, 0.1) is 5.41 Å². The molecule has 0 bridgehead atoms. The average molecular weight is 723 g/mol. The summed E-state index contributed by atoms with van der Waals surface area (Å²) in [7, 11) is 0. The van der Waals surface area contributed by atoms with Gasteiger partial charge < -0.3 is 44.1 Å². The number of alkyl carbamates (subject to hydrolysis) is 2. The second-order valence-electron chi connectivity index (χ2n) is 17.3. The number of benzene rings is 1. The molecule has 51 heavy (non-hydrogen) atoms. The van der Waals surface area contributed by atoms with E-state index in [2.05, 4.69) is 10.6 Å². The molecule has 14 heteroatoms. The van der Waals surface area contributed by atoms with Crippen molar-refractivity contribution in [2.45, 2.75) is 139 Å². The minimum Gasteiger partial charge on any atom is -0.444 e. The number of hydrogen-bond acceptors (Lipinski definition) is 10. The Balaban J connectivity index is 3.51. The van der Waals surface area contributed by atoms with Crippen molar-refractivity contribution in [2.24, 2.45) is 5.41 Å². The number of nitrogens with one attached hydrogen (secondary N) is 2. The average Bonchev–Trinajstić information content (AvgIpc) is 2.87. The summed E-state index contributed by atoms with van der Waals surface area (Å²) in [6.45, 7) is 26.4. The molecule has 2 N–H and O–H groups in total. The lowest BCUT2D eigenvalue weighted by Gasteiger charge is -2.29. The first-order valence-corrected chi connectivity index (χ1v) is 17.2. The Labute approximate surface area is 304 Å². The number of carbonyl (C=O) groups excluding carboxylic acids is 5. The first-order chi connectivity index (χ1) is 22.9. The van der Waals surface area contributed by atoms with Crippen LogP contribution in [0.15, 0.2) is 18.2 Å². The highest BCUT2D eigenvalue weighted by Crippen LogP contribution is 2.25. The van der Waals surface area contributed by atoms with Crippen LogP contribution in [0.25, 0.3) is 0 Å². The summed E-state index contributed by atoms with van der Waals surface area (Å²) in [5.41, 5.74) is -2.70. The third-order valence-corrected chi connectivity index (χ3v) is 6.00. The minimum atomic E-state index is -0.818. The lowest BCUT2D eigenvalue weighted by atomic mass is 9.97. The van der Waals surface area contributed by atoms with Crippen LogP contribution in [0.5, 0.6) is 5.75 Å². The largest absolute Gasteiger partial charge is 0.444 e. The standard InChI is InChI=1S/C37H62N4O10/c1-33(2,3)28(42)47-27-21-25(23-40(31(45)50-36(10,11)12)18-16-38-29(43)48-34(4,5)6)20-26(22-27)24-41(32(46)51-37(13,14)15)19-17-39-30(44)49-35(7,8)9/h20-22H,16-19,23-24H2,1-15H3,(H,38,43)(H,39,44). The molecule has 1 aromatic rings. The molecule has 0 saturated carbocycles. The molecule has 0 spiro atoms. The third kappa shape index (κ3) is 20.3. The quantitative estimate of drug-likeness (QED) is 0.136. The summed E-state index contributed by atoms with van der Waals surface area (Å²) < 4.78 is 27.7. The molecular weight excluding hydrogens is 660 g/mol. The van der Waals surface area contributed by atoms with Crippen molar-refractivity contribution >= 4 is 30.3 Å². The van der Waals surface area contributed by atoms with Crippen molar-refractivity contribution in [1.29, 1.82) is 0 Å². The Bertz CT molecular complexity index is 1270. The molecule has 0 radical (unpaired) electrons. The molecule has 0 heterocycles. The van der Waals surface area contributed by atoms with Gasteiger partial charge in [-0.25, -0.2) is 19.2 Å². The molecule has 0 saturated heterocycles. The summed E-state index contributed by atoms with van der Waals surface area (Å²) in [5.74, 6) is -0.281. The fourth-order valence-electron chi connectivity index (χ4n) is 4.01. The second-order valence-corrected chi connectivity index (χ2v) is 17.3. The van der Waals surface area contributed by atoms with Crippen molar-refractivity contribution in [2.75, 3.05) is 26.2 Å². The van der Waals surface area contributed by atoms with E-state index in [4.69, 9.17) is 23.7 Å². The molecule has 290 valence electrons. The van der Waals surface area contributed by atoms with E-state index in [-0.39, 0.29) is 45.0 Å². The number of ether oxygens (including phenoxy) is 5. The molecule has 0 aromatic heterocycles. The summed E-state index contributed by atoms with van der Waals surface area (Å²) in [6.07, 6.45) is -2.52. The first kappa shape index (κ1) is 44.8. The molecule has 14 nitrogen and oxygen atoms in total. The van der Waals surface area contributed by atoms with E-state index < -0.39 is 58.2 Å². The second kappa shape index (κ2) is 17.8. The Morgan fingerprint density at radius 1 is 0.529 bits per heavy atom. The smallest absolute Gasteiger partial charge is 0.410 e. The Morgan fingerprint density at radius 3 is 1.16 bits per heavy atom. The summed E-state index contributed by atoms with van der Waals surface area (Å²) in [5, 5.41) is 5.32. The van der Waals surface area contributed by atoms with E-state index >= 15 is 0 Å². The van der Waals surface area contributed by atoms with E-state index in [1.165, 1.54) is 9.80 Å². The maximum Gasteiger partial charge on any atom is 0.410 e. The molecule has 0 fully saturated rings. The predicted octanol–water partition coefficient (Wildman–Crippen LogP) is 7.16. The van der Waals surface area contributed by atoms with Gasteiger partial charge in [0.25, 0.3) is 0 Å². The lowest BCUT2D eigenvalue weighted by molar-refractivity contribution is -0.143. The van der Waals surface area contributed by atoms with E-state index in [9.17, 15) is 24.0 Å². The van der Waals surface area contributed by atoms with Crippen molar-refractivity contribution in [3.05, 3.63) is 29.3 Å². The highest BCUT2D eigenvalue weighted by atomic mass is 16.6. The van der Waals surface area contributed by atoms with Crippen LogP contribution in [0.2, 0.25) is 0 Å². The zero-order valence-electron chi connectivity index (χ0n) is 33.5. The Hall–Kier alpha value is -4.23. The molecular formula is C37H62N4O10. The van der Waals surface area contributed by atoms with Crippen molar-refractivity contribution in [3.8, 4) is 5.75 Å². The van der Waals surface area contributed by atoms with Crippen LogP contribution in [-0.4, -0.2) is 88.7 Å². The van der Waals surface area contributed by atoms with E-state index in [1.807, 2.05) is 0 Å². The SMILES string of the molecule is CC(C)(C)OC(=O)NCCN(Cc1cc(CN(CCNC(=O)OC(C)(C)C)C(=O)OC(C)(C)C)cc(OC(=O)C(C)(C)C)c1)C(=O)OC(C)(C)C. The van der Waals surface area contributed by atoms with Crippen LogP contribution >= 0.6 is 0 Å². The monoisotopic (exact) mass is 722 g/mol. The molecule has 0 aliphatic rings. The van der Waals surface area contributed by atoms with E-state index in [1.54, 1.807) is 122 Å². The van der Waals surface area contributed by atoms with Gasteiger partial charge in [0, 0.05) is 39.3 Å². The number of rotatable bonds is 11. The number of carbonyl (C=O) groups is 5. The van der Waals surface area contributed by atoms with Gasteiger partial charge in [-0.05, 0) is 127 Å². The molecule has 1 aromatic carbocycles. The predicted molar refractivity (Wildman–Crippen MR) is 193 cm³/mol. The van der Waals surface area contributed by atoms with Crippen LogP contribution in [0.4, 0.5) is 19.2 Å². The van der Waals surface area contributed by atoms with Crippen LogP contribution < -0.4 is 15.4 Å². The van der Waals surface area contributed by atoms with Crippen LogP contribution in [0.1, 0.15) is 115 Å². The zero-order valence-corrected chi connectivity index (χ0v) is 33.5. The van der Waals surface area contributed by atoms with Crippen molar-refractivity contribution in [1.82, 2.24) is 20.4 Å². The lowest BCUT2D eigenvalue weighted by Crippen LogP contribution is -2.42. The molecule has 0 aliphatic carbocycles. The number of hydrogen-bond donors (Lipinski definition) is 2. The molecule has 0 unspecified atom stereocenters. The fraction of sp³-hybridized carbons (Fsp3) is 0.703. The van der Waals surface area contributed by atoms with Crippen LogP contribution in [0, 0.1) is 5.41 Å². The van der Waals surface area contributed by atoms with Gasteiger partial charge in [-0.15, -0.1) is 0 Å². The van der Waals surface area contributed by atoms with Crippen molar-refractivity contribution < 1.29 is 47.7 Å². The van der Waals surface area contributed by atoms with E-state index in [0.29, 0.717) is 11.1 Å². The maximum absolute atomic E-state index is 13.4. The number of amides is 4. The molecule has 4 amide bonds. The third-order valence-electron chi connectivity index (χ3n) is 6.00. The highest BCUT2D eigenvalue weighted by molar-refractivity contribution is 5.78. The summed E-state index contributed by atoms with van der Waals surface area (Å²) >= 11 is 0. The molecule has 1 rings (SSSR count). The number of esters is 1. The Kier molecular flexibility index (Phi) is 15.6. The van der Waals surface area contributed by atoms with Crippen LogP contribution in [-0.2, 0) is 36.8 Å². The molecule has 0 aliphatic heterocycles. The van der Waals surface area contributed by atoms with Gasteiger partial charge in [-0.1, -0.05) is 6.07 Å². The Morgan fingerprint density at radius 2 is 0.863 bits per heavy atom. The highest BCUT2D eigenvalue weighted by Gasteiger charge is 2.28. The van der Waals surface area contributed by atoms with Crippen LogP contribution in [0.3, 0.4) is 0 Å². The zero-order chi connectivity index (χ0) is 39.6. The normalized spacial score (nSPS) is 12.3. The van der Waals surface area contributed by atoms with E-state index in [0.717, 1.165) is 0 Å². The fourth-order valence-corrected chi connectivity index (χ4v) is 4.01. The van der Waals surface area contributed by atoms with Gasteiger partial charge in [0.15, 0.2) is 0 Å². The molecule has 0 atom stereocenters. The van der Waals surface area contributed by atoms with Gasteiger partial charge in [-0.3, -0.25) is 4.79 Å². The van der Waals surface area contributed by atoms with Gasteiger partial charge in [0.1, 0.15) is 28.2 Å². The number of nitrogens with zero attached hydrogens (tertiary/aromatic N) is 2. The van der Waals surface area contributed by atoms with Gasteiger partial charge in [0.2, 0.25) is 0 Å².